The minimum atomic E-state index is -0.662. The van der Waals surface area contributed by atoms with E-state index < -0.39 is 23.7 Å². The summed E-state index contributed by atoms with van der Waals surface area (Å²) in [6.45, 7) is 40.4. The van der Waals surface area contributed by atoms with E-state index in [0.29, 0.717) is 148 Å². The first kappa shape index (κ1) is 91.3. The van der Waals surface area contributed by atoms with Gasteiger partial charge in [0.15, 0.2) is 46.0 Å². The van der Waals surface area contributed by atoms with Gasteiger partial charge in [-0.05, 0) is 151 Å². The van der Waals surface area contributed by atoms with Crippen molar-refractivity contribution >= 4 is 0 Å². The van der Waals surface area contributed by atoms with Crippen molar-refractivity contribution in [3.05, 3.63) is 210 Å². The third kappa shape index (κ3) is 23.8. The van der Waals surface area contributed by atoms with Crippen LogP contribution in [0.25, 0.3) is 0 Å². The average molecular weight is 1590 g/mol. The molecule has 0 aliphatic heterocycles. The molecule has 0 unspecified atom stereocenters. The Morgan fingerprint density at radius 3 is 0.388 bits per heavy atom. The fourth-order valence-corrected chi connectivity index (χ4v) is 15.1. The number of fused-ring (bicyclic) bond motifs is 8. The van der Waals surface area contributed by atoms with Crippen molar-refractivity contribution in [2.75, 3.05) is 79.3 Å². The first-order valence-electron chi connectivity index (χ1n) is 45.5. The van der Waals surface area contributed by atoms with Crippen LogP contribution in [0, 0.1) is 27.7 Å². The van der Waals surface area contributed by atoms with E-state index in [1.54, 1.807) is 0 Å². The zero-order valence-electron chi connectivity index (χ0n) is 74.2. The maximum absolute atomic E-state index is 7.74. The van der Waals surface area contributed by atoms with Crippen molar-refractivity contribution in [1.82, 2.24) is 0 Å². The maximum atomic E-state index is 7.74. The van der Waals surface area contributed by atoms with Gasteiger partial charge >= 0.3 is 0 Å². The van der Waals surface area contributed by atoms with Crippen LogP contribution in [0.1, 0.15) is 350 Å². The predicted molar refractivity (Wildman–Crippen MR) is 479 cm³/mol. The van der Waals surface area contributed by atoms with E-state index in [2.05, 4.69) is 232 Å². The molecule has 0 saturated heterocycles. The van der Waals surface area contributed by atoms with Crippen molar-refractivity contribution < 1.29 is 56.8 Å². The first-order chi connectivity index (χ1) is 56.8. The Balaban J connectivity index is 1.78. The lowest BCUT2D eigenvalue weighted by molar-refractivity contribution is 0.229. The Morgan fingerprint density at radius 2 is 0.276 bits per heavy atom. The average Bonchev–Trinajstić information content (AvgIpc) is 0.719. The van der Waals surface area contributed by atoms with Crippen LogP contribution in [0.3, 0.4) is 0 Å². The molecule has 12 nitrogen and oxygen atoms in total. The van der Waals surface area contributed by atoms with Gasteiger partial charge in [0.1, 0.15) is 0 Å². The number of hydrogen-bond donors (Lipinski definition) is 0. The molecule has 0 saturated carbocycles. The van der Waals surface area contributed by atoms with Crippen LogP contribution in [-0.2, 0) is 0 Å². The molecule has 0 heterocycles. The topological polar surface area (TPSA) is 111 Å². The molecule has 8 bridgehead atoms. The minimum absolute atomic E-state index is 0.408. The van der Waals surface area contributed by atoms with E-state index >= 15 is 0 Å². The van der Waals surface area contributed by atoms with Crippen molar-refractivity contribution in [3.8, 4) is 69.0 Å². The highest BCUT2D eigenvalue weighted by atomic mass is 16.6. The molecule has 9 rings (SSSR count). The molecule has 8 aromatic rings. The van der Waals surface area contributed by atoms with Gasteiger partial charge in [-0.15, -0.1) is 0 Å². The fraction of sp³-hybridized carbons (Fsp3) is 0.538. The molecule has 632 valence electrons. The molecule has 1 aliphatic carbocycles. The van der Waals surface area contributed by atoms with Crippen molar-refractivity contribution in [1.29, 1.82) is 0 Å². The molecule has 0 radical (unpaired) electrons. The zero-order valence-corrected chi connectivity index (χ0v) is 74.2. The Bertz CT molecular complexity index is 3510. The van der Waals surface area contributed by atoms with Crippen LogP contribution in [0.2, 0.25) is 0 Å². The minimum Gasteiger partial charge on any atom is -0.489 e. The van der Waals surface area contributed by atoms with Crippen LogP contribution < -0.4 is 56.8 Å². The maximum Gasteiger partial charge on any atom is 0.204 e. The second-order valence-corrected chi connectivity index (χ2v) is 32.0. The zero-order chi connectivity index (χ0) is 82.6. The Kier molecular flexibility index (Phi) is 38.5. The second kappa shape index (κ2) is 48.9. The monoisotopic (exact) mass is 1590 g/mol. The van der Waals surface area contributed by atoms with Crippen LogP contribution in [0.5, 0.6) is 69.0 Å². The molecule has 0 N–H and O–H groups in total. The molecule has 0 aromatic heterocycles. The Hall–Kier alpha value is -8.64. The predicted octanol–water partition coefficient (Wildman–Crippen LogP) is 28.1. The number of ether oxygens (including phenoxy) is 12. The first-order valence-corrected chi connectivity index (χ1v) is 45.5. The van der Waals surface area contributed by atoms with Crippen LogP contribution in [0.4, 0.5) is 0 Å². The van der Waals surface area contributed by atoms with Gasteiger partial charge < -0.3 is 56.8 Å². The van der Waals surface area contributed by atoms with Crippen LogP contribution in [0.15, 0.2) is 121 Å². The highest BCUT2D eigenvalue weighted by Crippen LogP contribution is 2.62. The summed E-state index contributed by atoms with van der Waals surface area (Å²) in [7, 11) is 0. The Labute approximate surface area is 700 Å². The van der Waals surface area contributed by atoms with Crippen LogP contribution >= 0.6 is 0 Å². The van der Waals surface area contributed by atoms with Crippen molar-refractivity contribution in [2.45, 2.75) is 289 Å². The van der Waals surface area contributed by atoms with Gasteiger partial charge in [0.2, 0.25) is 23.0 Å². The van der Waals surface area contributed by atoms with E-state index in [9.17, 15) is 0 Å². The number of unbranched alkanes of at least 4 members (excludes halogenated alkanes) is 12. The van der Waals surface area contributed by atoms with E-state index in [4.69, 9.17) is 56.8 Å². The third-order valence-corrected chi connectivity index (χ3v) is 22.1. The normalized spacial score (nSPS) is 14.4. The summed E-state index contributed by atoms with van der Waals surface area (Å²) in [5.41, 5.74) is 15.7. The molecule has 0 fully saturated rings. The van der Waals surface area contributed by atoms with Gasteiger partial charge in [-0.2, -0.15) is 0 Å². The smallest absolute Gasteiger partial charge is 0.204 e. The molecule has 8 aromatic carbocycles. The summed E-state index contributed by atoms with van der Waals surface area (Å²) in [5.74, 6) is 4.61. The summed E-state index contributed by atoms with van der Waals surface area (Å²) in [4.78, 5) is 0. The number of hydrogen-bond acceptors (Lipinski definition) is 12. The lowest BCUT2D eigenvalue weighted by Gasteiger charge is -2.35. The molecule has 116 heavy (non-hydrogen) atoms. The molecule has 0 spiro atoms. The lowest BCUT2D eigenvalue weighted by atomic mass is 9.74. The van der Waals surface area contributed by atoms with E-state index in [0.717, 1.165) is 243 Å². The van der Waals surface area contributed by atoms with Gasteiger partial charge in [-0.3, -0.25) is 0 Å². The van der Waals surface area contributed by atoms with Crippen LogP contribution in [-0.4, -0.2) is 79.3 Å². The van der Waals surface area contributed by atoms with E-state index in [1.165, 1.54) is 0 Å². The van der Waals surface area contributed by atoms with Gasteiger partial charge in [-0.25, -0.2) is 0 Å². The largest absolute Gasteiger partial charge is 0.489 e. The fourth-order valence-electron chi connectivity index (χ4n) is 15.1. The standard InChI is InChI=1S/C104H144O12/c1-17-29-57-105-93-81-69-82(94(106-58-30-18-2)101(93)113-65-37-25-9)90(78-51-43-74(14)44-52-78)85-71-86(98(110-62-34-22-6)103(115-67-39-27-11)97(85)109-61-33-21-5)92(80-55-47-76(16)48-56-80)88-72-87(99(111-63-35-23-7)104(116-68-40-28-12)100(88)112-64-36-24-8)91(79-53-45-75(15)46-54-79)84-70-83(89(81)77-49-41-73(13)42-50-77)95(107-59-31-19-3)102(114-66-38-26-10)96(84)108-60-32-20-4/h41-56,69-72,89-92H,17-40,57-68H2,1-16H3. The number of rotatable bonds is 52. The summed E-state index contributed by atoms with van der Waals surface area (Å²) in [5, 5.41) is 0. The summed E-state index contributed by atoms with van der Waals surface area (Å²) >= 11 is 0. The molecular weight excluding hydrogens is 1440 g/mol. The summed E-state index contributed by atoms with van der Waals surface area (Å²) in [6.07, 6.45) is 20.4. The van der Waals surface area contributed by atoms with Crippen molar-refractivity contribution in [2.24, 2.45) is 0 Å². The van der Waals surface area contributed by atoms with Crippen molar-refractivity contribution in [3.63, 3.8) is 0 Å². The quantitative estimate of drug-likeness (QED) is 0.0339. The summed E-state index contributed by atoms with van der Waals surface area (Å²) in [6, 6.07) is 46.2. The van der Waals surface area contributed by atoms with E-state index in [1.807, 2.05) is 0 Å². The molecule has 0 atom stereocenters. The SMILES string of the molecule is CCCCOc1c2cc(c(OCCCC)c1OCCCC)C(c1ccc(C)cc1)c1cc(c(OCCCC)c(OCCCC)c1OCCCC)C(c1ccc(C)cc1)c1cc(c(OCCCC)c(OCCCC)c1OCCCC)C(c1ccc(C)cc1)c1cc(c(OCCCC)c(OCCCC)c1OCCCC)C2c1ccc(C)cc1. The second-order valence-electron chi connectivity index (χ2n) is 32.0. The van der Waals surface area contributed by atoms with Gasteiger partial charge in [-0.1, -0.05) is 279 Å². The number of benzene rings is 8. The molecule has 1 aliphatic rings. The third-order valence-electron chi connectivity index (χ3n) is 22.1. The number of aryl methyl sites for hydroxylation is 4. The lowest BCUT2D eigenvalue weighted by Crippen LogP contribution is -2.20. The van der Waals surface area contributed by atoms with E-state index in [-0.39, 0.29) is 0 Å². The molecule has 0 amide bonds. The highest BCUT2D eigenvalue weighted by molar-refractivity contribution is 5.76. The summed E-state index contributed by atoms with van der Waals surface area (Å²) < 4.78 is 92.7. The Morgan fingerprint density at radius 1 is 0.164 bits per heavy atom. The molecular formula is C104H144O12. The highest BCUT2D eigenvalue weighted by Gasteiger charge is 2.43. The van der Waals surface area contributed by atoms with Gasteiger partial charge in [0, 0.05) is 68.2 Å². The molecule has 12 heteroatoms. The van der Waals surface area contributed by atoms with Gasteiger partial charge in [0.05, 0.1) is 79.3 Å². The van der Waals surface area contributed by atoms with Gasteiger partial charge in [0.25, 0.3) is 0 Å².